The van der Waals surface area contributed by atoms with Gasteiger partial charge in [-0.15, -0.1) is 0 Å². The first-order chi connectivity index (χ1) is 7.77. The Hall–Kier alpha value is -0.570. The van der Waals surface area contributed by atoms with Crippen LogP contribution in [0.5, 0.6) is 0 Å². The van der Waals surface area contributed by atoms with Crippen molar-refractivity contribution in [3.05, 3.63) is 0 Å². The van der Waals surface area contributed by atoms with Gasteiger partial charge in [0.25, 0.3) is 0 Å². The van der Waals surface area contributed by atoms with Crippen molar-refractivity contribution >= 4 is 5.97 Å². The molecule has 0 spiro atoms. The molecule has 0 amide bonds. The Morgan fingerprint density at radius 3 is 2.12 bits per heavy atom. The van der Waals surface area contributed by atoms with E-state index in [9.17, 15) is 4.79 Å². The summed E-state index contributed by atoms with van der Waals surface area (Å²) < 4.78 is 0. The van der Waals surface area contributed by atoms with Gasteiger partial charge in [0.05, 0.1) is 0 Å². The molecule has 0 atom stereocenters. The molecule has 16 heavy (non-hydrogen) atoms. The molecule has 3 heteroatoms. The third-order valence-electron chi connectivity index (χ3n) is 2.70. The molecule has 0 unspecified atom stereocenters. The SMILES string of the molecule is CCCCCCCCCNCCCC(=O)O. The Labute approximate surface area is 99.6 Å². The van der Waals surface area contributed by atoms with E-state index in [0.717, 1.165) is 19.5 Å². The Bertz CT molecular complexity index is 160. The monoisotopic (exact) mass is 229 g/mol. The van der Waals surface area contributed by atoms with Gasteiger partial charge < -0.3 is 10.4 Å². The lowest BCUT2D eigenvalue weighted by atomic mass is 10.1. The minimum atomic E-state index is -0.697. The van der Waals surface area contributed by atoms with Crippen LogP contribution in [0.3, 0.4) is 0 Å². The molecule has 0 aromatic rings. The smallest absolute Gasteiger partial charge is 0.303 e. The van der Waals surface area contributed by atoms with Gasteiger partial charge in [-0.05, 0) is 25.9 Å². The maximum absolute atomic E-state index is 10.2. The molecule has 0 saturated carbocycles. The second kappa shape index (κ2) is 12.5. The Kier molecular flexibility index (Phi) is 12.1. The maximum Gasteiger partial charge on any atom is 0.303 e. The number of nitrogens with one attached hydrogen (secondary N) is 1. The highest BCUT2D eigenvalue weighted by molar-refractivity contribution is 5.66. The van der Waals surface area contributed by atoms with Crippen molar-refractivity contribution in [2.75, 3.05) is 13.1 Å². The van der Waals surface area contributed by atoms with E-state index in [1.165, 1.54) is 44.9 Å². The molecule has 96 valence electrons. The van der Waals surface area contributed by atoms with Crippen LogP contribution >= 0.6 is 0 Å². The number of carboxylic acid groups (broad SMARTS) is 1. The zero-order valence-electron chi connectivity index (χ0n) is 10.6. The number of carbonyl (C=O) groups is 1. The van der Waals surface area contributed by atoms with Gasteiger partial charge in [-0.1, -0.05) is 45.4 Å². The fourth-order valence-electron chi connectivity index (χ4n) is 1.70. The molecule has 0 aliphatic heterocycles. The van der Waals surface area contributed by atoms with Gasteiger partial charge in [-0.25, -0.2) is 0 Å². The molecule has 2 N–H and O–H groups in total. The van der Waals surface area contributed by atoms with Gasteiger partial charge in [-0.2, -0.15) is 0 Å². The third kappa shape index (κ3) is 13.4. The van der Waals surface area contributed by atoms with Crippen molar-refractivity contribution in [2.24, 2.45) is 0 Å². The van der Waals surface area contributed by atoms with Crippen LogP contribution in [0, 0.1) is 0 Å². The van der Waals surface area contributed by atoms with Crippen molar-refractivity contribution in [3.63, 3.8) is 0 Å². The lowest BCUT2D eigenvalue weighted by molar-refractivity contribution is -0.137. The summed E-state index contributed by atoms with van der Waals surface area (Å²) in [4.78, 5) is 10.2. The summed E-state index contributed by atoms with van der Waals surface area (Å²) in [5.41, 5.74) is 0. The normalized spacial score (nSPS) is 10.6. The van der Waals surface area contributed by atoms with E-state index in [4.69, 9.17) is 5.11 Å². The van der Waals surface area contributed by atoms with Crippen molar-refractivity contribution < 1.29 is 9.90 Å². The van der Waals surface area contributed by atoms with Gasteiger partial charge in [0.2, 0.25) is 0 Å². The molecule has 0 heterocycles. The topological polar surface area (TPSA) is 49.3 Å². The molecule has 0 bridgehead atoms. The highest BCUT2D eigenvalue weighted by Gasteiger charge is 1.95. The maximum atomic E-state index is 10.2. The van der Waals surface area contributed by atoms with Crippen LogP contribution in [0.4, 0.5) is 0 Å². The summed E-state index contributed by atoms with van der Waals surface area (Å²) in [5.74, 6) is -0.697. The fourth-order valence-corrected chi connectivity index (χ4v) is 1.70. The molecule has 3 nitrogen and oxygen atoms in total. The quantitative estimate of drug-likeness (QED) is 0.505. The molecule has 0 aliphatic carbocycles. The highest BCUT2D eigenvalue weighted by Crippen LogP contribution is 2.06. The summed E-state index contributed by atoms with van der Waals surface area (Å²) in [7, 11) is 0. The van der Waals surface area contributed by atoms with Gasteiger partial charge in [0.1, 0.15) is 0 Å². The average molecular weight is 229 g/mol. The van der Waals surface area contributed by atoms with E-state index in [1.807, 2.05) is 0 Å². The van der Waals surface area contributed by atoms with Crippen molar-refractivity contribution in [3.8, 4) is 0 Å². The molecule has 0 aromatic heterocycles. The van der Waals surface area contributed by atoms with Crippen LogP contribution in [0.1, 0.15) is 64.7 Å². The van der Waals surface area contributed by atoms with Crippen molar-refractivity contribution in [1.82, 2.24) is 5.32 Å². The van der Waals surface area contributed by atoms with Crippen LogP contribution < -0.4 is 5.32 Å². The van der Waals surface area contributed by atoms with E-state index in [0.29, 0.717) is 0 Å². The van der Waals surface area contributed by atoms with Crippen LogP contribution in [0.15, 0.2) is 0 Å². The largest absolute Gasteiger partial charge is 0.481 e. The van der Waals surface area contributed by atoms with Gasteiger partial charge in [0, 0.05) is 6.42 Å². The van der Waals surface area contributed by atoms with Crippen molar-refractivity contribution in [1.29, 1.82) is 0 Å². The molecule has 0 aromatic carbocycles. The number of hydrogen-bond donors (Lipinski definition) is 2. The zero-order valence-corrected chi connectivity index (χ0v) is 10.6. The summed E-state index contributed by atoms with van der Waals surface area (Å²) >= 11 is 0. The minimum Gasteiger partial charge on any atom is -0.481 e. The fraction of sp³-hybridized carbons (Fsp3) is 0.923. The predicted molar refractivity (Wildman–Crippen MR) is 67.7 cm³/mol. The first-order valence-corrected chi connectivity index (χ1v) is 6.70. The molecule has 0 radical (unpaired) electrons. The average Bonchev–Trinajstić information content (AvgIpc) is 2.25. The lowest BCUT2D eigenvalue weighted by Gasteiger charge is -2.03. The van der Waals surface area contributed by atoms with Crippen LogP contribution in [0.2, 0.25) is 0 Å². The molecule has 0 fully saturated rings. The molecule has 0 rings (SSSR count). The molecule has 0 aliphatic rings. The van der Waals surface area contributed by atoms with Crippen LogP contribution in [-0.2, 0) is 4.79 Å². The molecule has 0 saturated heterocycles. The van der Waals surface area contributed by atoms with Gasteiger partial charge in [-0.3, -0.25) is 4.79 Å². The molecular formula is C13H27NO2. The Morgan fingerprint density at radius 1 is 0.938 bits per heavy atom. The Morgan fingerprint density at radius 2 is 1.50 bits per heavy atom. The first kappa shape index (κ1) is 15.4. The highest BCUT2D eigenvalue weighted by atomic mass is 16.4. The molecular weight excluding hydrogens is 202 g/mol. The van der Waals surface area contributed by atoms with E-state index < -0.39 is 5.97 Å². The second-order valence-corrected chi connectivity index (χ2v) is 4.37. The summed E-state index contributed by atoms with van der Waals surface area (Å²) in [6, 6.07) is 0. The number of carboxylic acids is 1. The van der Waals surface area contributed by atoms with Gasteiger partial charge >= 0.3 is 5.97 Å². The number of aliphatic carboxylic acids is 1. The summed E-state index contributed by atoms with van der Waals surface area (Å²) in [5, 5.41) is 11.7. The van der Waals surface area contributed by atoms with Crippen LogP contribution in [0.25, 0.3) is 0 Å². The lowest BCUT2D eigenvalue weighted by Crippen LogP contribution is -2.17. The Balaban J connectivity index is 2.90. The summed E-state index contributed by atoms with van der Waals surface area (Å²) in [6.45, 7) is 4.11. The van der Waals surface area contributed by atoms with E-state index in [-0.39, 0.29) is 6.42 Å². The van der Waals surface area contributed by atoms with E-state index in [2.05, 4.69) is 12.2 Å². The van der Waals surface area contributed by atoms with Gasteiger partial charge in [0.15, 0.2) is 0 Å². The number of unbranched alkanes of at least 4 members (excludes halogenated alkanes) is 6. The summed E-state index contributed by atoms with van der Waals surface area (Å²) in [6.07, 6.45) is 10.3. The minimum absolute atomic E-state index is 0.282. The third-order valence-corrected chi connectivity index (χ3v) is 2.70. The van der Waals surface area contributed by atoms with Crippen LogP contribution in [-0.4, -0.2) is 24.2 Å². The first-order valence-electron chi connectivity index (χ1n) is 6.70. The number of hydrogen-bond acceptors (Lipinski definition) is 2. The van der Waals surface area contributed by atoms with Crippen molar-refractivity contribution in [2.45, 2.75) is 64.7 Å². The van der Waals surface area contributed by atoms with E-state index >= 15 is 0 Å². The van der Waals surface area contributed by atoms with E-state index in [1.54, 1.807) is 0 Å². The predicted octanol–water partition coefficient (Wildman–Crippen LogP) is 3.19. The standard InChI is InChI=1S/C13H27NO2/c1-2-3-4-5-6-7-8-11-14-12-9-10-13(15)16/h14H,2-12H2,1H3,(H,15,16). The zero-order chi connectivity index (χ0) is 12.1. The second-order valence-electron chi connectivity index (χ2n) is 4.37. The number of rotatable bonds is 12.